The Morgan fingerprint density at radius 2 is 1.83 bits per heavy atom. The Hall–Kier alpha value is -3.41. The molecule has 0 amide bonds. The number of Topliss-reactive ketones (excluding diaryl/α,β-unsaturated/α-hetero) is 1. The lowest BCUT2D eigenvalue weighted by Gasteiger charge is -2.14. The lowest BCUT2D eigenvalue weighted by atomic mass is 10.1. The van der Waals surface area contributed by atoms with Crippen LogP contribution in [-0.4, -0.2) is 38.6 Å². The molecule has 0 bridgehead atoms. The van der Waals surface area contributed by atoms with Gasteiger partial charge < -0.3 is 24.5 Å². The summed E-state index contributed by atoms with van der Waals surface area (Å²) in [5.41, 5.74) is 6.02. The summed E-state index contributed by atoms with van der Waals surface area (Å²) in [6.45, 7) is 2.31. The van der Waals surface area contributed by atoms with Crippen molar-refractivity contribution in [2.24, 2.45) is 0 Å². The monoisotopic (exact) mass is 406 g/mol. The number of H-pyrrole nitrogens is 1. The van der Waals surface area contributed by atoms with Gasteiger partial charge in [0, 0.05) is 46.9 Å². The summed E-state index contributed by atoms with van der Waals surface area (Å²) in [5, 5.41) is 4.66. The third kappa shape index (κ3) is 3.49. The molecule has 0 unspecified atom stereocenters. The van der Waals surface area contributed by atoms with E-state index in [1.165, 1.54) is 5.56 Å². The molecule has 156 valence electrons. The molecule has 1 heterocycles. The van der Waals surface area contributed by atoms with Gasteiger partial charge in [0.2, 0.25) is 0 Å². The van der Waals surface area contributed by atoms with Gasteiger partial charge in [0.25, 0.3) is 0 Å². The molecule has 6 nitrogen and oxygen atoms in total. The predicted molar refractivity (Wildman–Crippen MR) is 117 cm³/mol. The summed E-state index contributed by atoms with van der Waals surface area (Å²) in [4.78, 5) is 15.6. The molecule has 1 aliphatic rings. The molecule has 0 saturated heterocycles. The third-order valence-electron chi connectivity index (χ3n) is 5.64. The zero-order valence-electron chi connectivity index (χ0n) is 17.7. The van der Waals surface area contributed by atoms with Crippen molar-refractivity contribution in [1.82, 2.24) is 10.3 Å². The minimum absolute atomic E-state index is 0.0727. The van der Waals surface area contributed by atoms with Crippen LogP contribution < -0.4 is 19.5 Å². The molecule has 3 aromatic rings. The van der Waals surface area contributed by atoms with Crippen LogP contribution >= 0.6 is 0 Å². The molecule has 2 aromatic carbocycles. The Morgan fingerprint density at radius 3 is 2.53 bits per heavy atom. The zero-order chi connectivity index (χ0) is 21.3. The smallest absolute Gasteiger partial charge is 0.161 e. The van der Waals surface area contributed by atoms with Gasteiger partial charge in [-0.3, -0.25) is 4.79 Å². The number of rotatable bonds is 8. The fourth-order valence-corrected chi connectivity index (χ4v) is 4.06. The lowest BCUT2D eigenvalue weighted by molar-refractivity contribution is -0.113. The van der Waals surface area contributed by atoms with E-state index in [0.717, 1.165) is 45.5 Å². The Balaban J connectivity index is 1.58. The number of allylic oxidation sites excluding steroid dienone is 1. The van der Waals surface area contributed by atoms with E-state index in [1.54, 1.807) is 28.3 Å². The minimum Gasteiger partial charge on any atom is -0.497 e. The van der Waals surface area contributed by atoms with Crippen molar-refractivity contribution in [2.75, 3.05) is 27.9 Å². The van der Waals surface area contributed by atoms with Gasteiger partial charge in [0.15, 0.2) is 17.3 Å². The number of nitrogens with one attached hydrogen (secondary N) is 2. The van der Waals surface area contributed by atoms with Gasteiger partial charge in [0.1, 0.15) is 5.75 Å². The molecular formula is C24H26N2O4. The summed E-state index contributed by atoms with van der Waals surface area (Å²) >= 11 is 0. The van der Waals surface area contributed by atoms with Crippen LogP contribution in [0.4, 0.5) is 0 Å². The summed E-state index contributed by atoms with van der Waals surface area (Å²) < 4.78 is 16.2. The van der Waals surface area contributed by atoms with Crippen LogP contribution in [0.5, 0.6) is 17.2 Å². The maximum atomic E-state index is 12.3. The highest BCUT2D eigenvalue weighted by atomic mass is 16.5. The Bertz CT molecular complexity index is 1140. The first-order chi connectivity index (χ1) is 14.5. The van der Waals surface area contributed by atoms with Crippen LogP contribution in [0.25, 0.3) is 16.6 Å². The average Bonchev–Trinajstić information content (AvgIpc) is 3.33. The molecule has 6 heteroatoms. The number of hydrogen-bond donors (Lipinski definition) is 2. The summed E-state index contributed by atoms with van der Waals surface area (Å²) in [7, 11) is 4.91. The summed E-state index contributed by atoms with van der Waals surface area (Å²) in [6, 6.07) is 9.92. The highest BCUT2D eigenvalue weighted by molar-refractivity contribution is 6.04. The van der Waals surface area contributed by atoms with E-state index in [0.29, 0.717) is 24.5 Å². The number of benzene rings is 2. The molecule has 2 N–H and O–H groups in total. The Kier molecular flexibility index (Phi) is 5.40. The van der Waals surface area contributed by atoms with Gasteiger partial charge >= 0.3 is 0 Å². The number of ketones is 1. The number of aromatic nitrogens is 1. The number of methoxy groups -OCH3 is 3. The van der Waals surface area contributed by atoms with Gasteiger partial charge in [-0.1, -0.05) is 0 Å². The van der Waals surface area contributed by atoms with Crippen LogP contribution in [0.3, 0.4) is 0 Å². The van der Waals surface area contributed by atoms with Crippen LogP contribution in [0, 0.1) is 0 Å². The SMILES string of the molecule is COc1ccc2[nH]cc(CCNC3=C(C(C)=O)Cc4cc(OC)c(OC)cc43)c2c1. The Labute approximate surface area is 175 Å². The zero-order valence-corrected chi connectivity index (χ0v) is 17.7. The van der Waals surface area contributed by atoms with E-state index < -0.39 is 0 Å². The number of ether oxygens (including phenoxy) is 3. The third-order valence-corrected chi connectivity index (χ3v) is 5.64. The fraction of sp³-hybridized carbons (Fsp3) is 0.292. The van der Waals surface area contributed by atoms with Crippen molar-refractivity contribution in [2.45, 2.75) is 19.8 Å². The number of aromatic amines is 1. The average molecular weight is 406 g/mol. The normalized spacial score (nSPS) is 12.8. The van der Waals surface area contributed by atoms with Crippen molar-refractivity contribution in [1.29, 1.82) is 0 Å². The molecular weight excluding hydrogens is 380 g/mol. The van der Waals surface area contributed by atoms with Gasteiger partial charge in [-0.05, 0) is 54.8 Å². The van der Waals surface area contributed by atoms with Gasteiger partial charge in [0.05, 0.1) is 21.3 Å². The number of carbonyl (C=O) groups excluding carboxylic acids is 1. The topological polar surface area (TPSA) is 72.6 Å². The molecule has 1 aliphatic carbocycles. The van der Waals surface area contributed by atoms with Gasteiger partial charge in [-0.2, -0.15) is 0 Å². The van der Waals surface area contributed by atoms with E-state index in [4.69, 9.17) is 14.2 Å². The van der Waals surface area contributed by atoms with E-state index in [2.05, 4.69) is 10.3 Å². The van der Waals surface area contributed by atoms with Crippen molar-refractivity contribution < 1.29 is 19.0 Å². The molecule has 30 heavy (non-hydrogen) atoms. The molecule has 0 atom stereocenters. The summed E-state index contributed by atoms with van der Waals surface area (Å²) in [6.07, 6.45) is 3.44. The molecule has 0 saturated carbocycles. The molecule has 1 aromatic heterocycles. The van der Waals surface area contributed by atoms with E-state index in [9.17, 15) is 4.79 Å². The second-order valence-corrected chi connectivity index (χ2v) is 7.35. The van der Waals surface area contributed by atoms with Crippen molar-refractivity contribution in [3.05, 3.63) is 58.8 Å². The predicted octanol–water partition coefficient (Wildman–Crippen LogP) is 3.88. The largest absolute Gasteiger partial charge is 0.497 e. The highest BCUT2D eigenvalue weighted by Crippen LogP contribution is 2.39. The second-order valence-electron chi connectivity index (χ2n) is 7.35. The first kappa shape index (κ1) is 19.9. The van der Waals surface area contributed by atoms with E-state index in [-0.39, 0.29) is 5.78 Å². The van der Waals surface area contributed by atoms with Gasteiger partial charge in [-0.15, -0.1) is 0 Å². The van der Waals surface area contributed by atoms with E-state index in [1.807, 2.05) is 36.5 Å². The van der Waals surface area contributed by atoms with Crippen LogP contribution in [0.1, 0.15) is 23.6 Å². The molecule has 4 rings (SSSR count). The minimum atomic E-state index is 0.0727. The molecule has 0 spiro atoms. The standard InChI is InChI=1S/C24H26N2O4/c1-14(27)18-9-16-10-22(29-3)23(30-4)12-20(16)24(18)25-8-7-15-13-26-21-6-5-17(28-2)11-19(15)21/h5-6,10-13,25-26H,7-9H2,1-4H3. The van der Waals surface area contributed by atoms with Crippen LogP contribution in [0.15, 0.2) is 42.1 Å². The molecule has 0 aliphatic heterocycles. The second kappa shape index (κ2) is 8.14. The van der Waals surface area contributed by atoms with E-state index >= 15 is 0 Å². The first-order valence-corrected chi connectivity index (χ1v) is 9.93. The number of hydrogen-bond acceptors (Lipinski definition) is 5. The van der Waals surface area contributed by atoms with Gasteiger partial charge in [-0.25, -0.2) is 0 Å². The van der Waals surface area contributed by atoms with Crippen molar-refractivity contribution >= 4 is 22.4 Å². The summed E-state index contributed by atoms with van der Waals surface area (Å²) in [5.74, 6) is 2.24. The number of carbonyl (C=O) groups is 1. The maximum absolute atomic E-state index is 12.3. The lowest BCUT2D eigenvalue weighted by Crippen LogP contribution is -2.17. The fourth-order valence-electron chi connectivity index (χ4n) is 4.06. The maximum Gasteiger partial charge on any atom is 0.161 e. The first-order valence-electron chi connectivity index (χ1n) is 9.93. The molecule has 0 radical (unpaired) electrons. The molecule has 0 fully saturated rings. The number of fused-ring (bicyclic) bond motifs is 2. The quantitative estimate of drug-likeness (QED) is 0.594. The van der Waals surface area contributed by atoms with Crippen molar-refractivity contribution in [3.63, 3.8) is 0 Å². The Morgan fingerprint density at radius 1 is 1.07 bits per heavy atom. The van der Waals surface area contributed by atoms with Crippen molar-refractivity contribution in [3.8, 4) is 17.2 Å². The highest BCUT2D eigenvalue weighted by Gasteiger charge is 2.26. The van der Waals surface area contributed by atoms with Crippen LogP contribution in [0.2, 0.25) is 0 Å². The van der Waals surface area contributed by atoms with Crippen LogP contribution in [-0.2, 0) is 17.6 Å².